The molecule has 1 N–H and O–H groups in total. The Morgan fingerprint density at radius 3 is 2.86 bits per heavy atom. The topological polar surface area (TPSA) is 50.3 Å². The maximum absolute atomic E-state index is 5.81. The van der Waals surface area contributed by atoms with Crippen LogP contribution < -0.4 is 15.0 Å². The fourth-order valence-corrected chi connectivity index (χ4v) is 2.38. The molecular weight excluding hydrogens is 264 g/mol. The summed E-state index contributed by atoms with van der Waals surface area (Å²) in [4.78, 5) is 11.5. The van der Waals surface area contributed by atoms with Gasteiger partial charge in [0.1, 0.15) is 6.61 Å². The van der Waals surface area contributed by atoms with Crippen molar-refractivity contribution in [2.45, 2.75) is 6.92 Å². The number of benzene rings is 1. The van der Waals surface area contributed by atoms with Crippen molar-refractivity contribution in [1.82, 2.24) is 15.3 Å². The predicted molar refractivity (Wildman–Crippen MR) is 84.9 cm³/mol. The third-order valence-electron chi connectivity index (χ3n) is 3.51. The van der Waals surface area contributed by atoms with Crippen molar-refractivity contribution in [3.63, 3.8) is 0 Å². The number of piperazine rings is 1. The van der Waals surface area contributed by atoms with Crippen LogP contribution in [0.3, 0.4) is 0 Å². The number of aromatic nitrogens is 2. The minimum atomic E-state index is 0.526. The van der Waals surface area contributed by atoms with Crippen LogP contribution in [0.2, 0.25) is 0 Å². The van der Waals surface area contributed by atoms with Crippen LogP contribution in [0.1, 0.15) is 6.92 Å². The number of hydrogen-bond acceptors (Lipinski definition) is 5. The number of para-hydroxylation sites is 1. The highest BCUT2D eigenvalue weighted by atomic mass is 16.5. The molecule has 1 aliphatic rings. The lowest BCUT2D eigenvalue weighted by Crippen LogP contribution is -2.44. The molecule has 0 saturated carbocycles. The van der Waals surface area contributed by atoms with E-state index >= 15 is 0 Å². The number of hydrogen-bond donors (Lipinski definition) is 1. The number of ether oxygens (including phenoxy) is 1. The Balaban J connectivity index is 1.97. The second-order valence-corrected chi connectivity index (χ2v) is 4.96. The van der Waals surface area contributed by atoms with E-state index in [1.54, 1.807) is 0 Å². The highest BCUT2D eigenvalue weighted by molar-refractivity contribution is 5.84. The van der Waals surface area contributed by atoms with Crippen LogP contribution in [0.15, 0.2) is 36.4 Å². The van der Waals surface area contributed by atoms with Crippen LogP contribution in [0.25, 0.3) is 10.9 Å². The molecule has 0 atom stereocenters. The summed E-state index contributed by atoms with van der Waals surface area (Å²) in [5.74, 6) is 1.41. The van der Waals surface area contributed by atoms with Gasteiger partial charge in [-0.3, -0.25) is 0 Å². The van der Waals surface area contributed by atoms with E-state index in [1.165, 1.54) is 0 Å². The van der Waals surface area contributed by atoms with E-state index in [4.69, 9.17) is 4.74 Å². The molecule has 2 aromatic rings. The van der Waals surface area contributed by atoms with Gasteiger partial charge in [-0.2, -0.15) is 4.98 Å². The molecule has 110 valence electrons. The fraction of sp³-hybridized carbons (Fsp3) is 0.375. The Morgan fingerprint density at radius 2 is 2.05 bits per heavy atom. The maximum atomic E-state index is 5.81. The lowest BCUT2D eigenvalue weighted by molar-refractivity contribution is 0.352. The lowest BCUT2D eigenvalue weighted by atomic mass is 10.2. The van der Waals surface area contributed by atoms with E-state index < -0.39 is 0 Å². The maximum Gasteiger partial charge on any atom is 0.229 e. The number of nitrogens with zero attached hydrogens (tertiary/aromatic N) is 3. The van der Waals surface area contributed by atoms with E-state index in [9.17, 15) is 0 Å². The molecule has 2 heterocycles. The molecule has 1 fully saturated rings. The summed E-state index contributed by atoms with van der Waals surface area (Å²) >= 11 is 0. The molecular formula is C16H20N4O. The molecule has 0 radical (unpaired) electrons. The standard InChI is InChI=1S/C16H20N4O/c1-2-3-12-21-15-13-6-4-5-7-14(13)18-16(19-15)20-10-8-17-9-11-20/h2-7,17H,8-12H2,1H3. The second kappa shape index (κ2) is 6.54. The summed E-state index contributed by atoms with van der Waals surface area (Å²) in [7, 11) is 0. The SMILES string of the molecule is CC=CCOc1nc(N2CCNCC2)nc2ccccc12. The molecule has 0 unspecified atom stereocenters. The molecule has 0 amide bonds. The van der Waals surface area contributed by atoms with Crippen molar-refractivity contribution in [2.24, 2.45) is 0 Å². The quantitative estimate of drug-likeness (QED) is 0.870. The largest absolute Gasteiger partial charge is 0.473 e. The summed E-state index contributed by atoms with van der Waals surface area (Å²) in [5, 5.41) is 4.30. The number of nitrogens with one attached hydrogen (secondary N) is 1. The molecule has 1 aromatic carbocycles. The molecule has 21 heavy (non-hydrogen) atoms. The van der Waals surface area contributed by atoms with Gasteiger partial charge in [-0.1, -0.05) is 24.3 Å². The van der Waals surface area contributed by atoms with E-state index in [0.717, 1.165) is 43.0 Å². The van der Waals surface area contributed by atoms with Gasteiger partial charge in [0.25, 0.3) is 0 Å². The van der Waals surface area contributed by atoms with Gasteiger partial charge in [0.05, 0.1) is 10.9 Å². The van der Waals surface area contributed by atoms with Gasteiger partial charge in [0, 0.05) is 26.2 Å². The first-order chi connectivity index (χ1) is 10.4. The highest BCUT2D eigenvalue weighted by Gasteiger charge is 2.16. The smallest absolute Gasteiger partial charge is 0.229 e. The third-order valence-corrected chi connectivity index (χ3v) is 3.51. The highest BCUT2D eigenvalue weighted by Crippen LogP contribution is 2.25. The van der Waals surface area contributed by atoms with Crippen molar-refractivity contribution >= 4 is 16.9 Å². The summed E-state index contributed by atoms with van der Waals surface area (Å²) in [6, 6.07) is 7.98. The Bertz CT molecular complexity index is 635. The van der Waals surface area contributed by atoms with E-state index in [-0.39, 0.29) is 0 Å². The average molecular weight is 284 g/mol. The zero-order chi connectivity index (χ0) is 14.5. The Kier molecular flexibility index (Phi) is 4.31. The van der Waals surface area contributed by atoms with Gasteiger partial charge in [-0.25, -0.2) is 4.98 Å². The number of fused-ring (bicyclic) bond motifs is 1. The molecule has 5 heteroatoms. The first-order valence-corrected chi connectivity index (χ1v) is 7.35. The Labute approximate surface area is 124 Å². The van der Waals surface area contributed by atoms with Gasteiger partial charge >= 0.3 is 0 Å². The van der Waals surface area contributed by atoms with Crippen LogP contribution >= 0.6 is 0 Å². The number of allylic oxidation sites excluding steroid dienone is 1. The molecule has 1 aromatic heterocycles. The minimum Gasteiger partial charge on any atom is -0.473 e. The Hall–Kier alpha value is -2.14. The monoisotopic (exact) mass is 284 g/mol. The van der Waals surface area contributed by atoms with Gasteiger partial charge in [-0.05, 0) is 19.1 Å². The minimum absolute atomic E-state index is 0.526. The summed E-state index contributed by atoms with van der Waals surface area (Å²) < 4.78 is 5.81. The zero-order valence-corrected chi connectivity index (χ0v) is 12.2. The fourth-order valence-electron chi connectivity index (χ4n) is 2.38. The molecule has 1 aliphatic heterocycles. The normalized spacial score (nSPS) is 15.8. The van der Waals surface area contributed by atoms with E-state index in [2.05, 4.69) is 20.2 Å². The molecule has 0 aliphatic carbocycles. The van der Waals surface area contributed by atoms with Crippen molar-refractivity contribution in [2.75, 3.05) is 37.7 Å². The zero-order valence-electron chi connectivity index (χ0n) is 12.2. The molecule has 0 spiro atoms. The van der Waals surface area contributed by atoms with Crippen LogP contribution in [0.4, 0.5) is 5.95 Å². The van der Waals surface area contributed by atoms with Crippen LogP contribution in [0.5, 0.6) is 5.88 Å². The Morgan fingerprint density at radius 1 is 1.24 bits per heavy atom. The summed E-state index contributed by atoms with van der Waals surface area (Å²) in [6.45, 7) is 6.28. The molecule has 0 bridgehead atoms. The average Bonchev–Trinajstić information content (AvgIpc) is 2.55. The lowest BCUT2D eigenvalue weighted by Gasteiger charge is -2.27. The van der Waals surface area contributed by atoms with Crippen molar-refractivity contribution in [3.8, 4) is 5.88 Å². The van der Waals surface area contributed by atoms with Crippen LogP contribution in [0, 0.1) is 0 Å². The molecule has 5 nitrogen and oxygen atoms in total. The van der Waals surface area contributed by atoms with Crippen molar-refractivity contribution in [1.29, 1.82) is 0 Å². The number of rotatable bonds is 4. The number of anilines is 1. The van der Waals surface area contributed by atoms with Crippen LogP contribution in [-0.4, -0.2) is 42.8 Å². The first kappa shape index (κ1) is 13.8. The molecule has 3 rings (SSSR count). The van der Waals surface area contributed by atoms with Gasteiger partial charge in [0.15, 0.2) is 0 Å². The summed E-state index contributed by atoms with van der Waals surface area (Å²) in [6.07, 6.45) is 3.95. The van der Waals surface area contributed by atoms with Gasteiger partial charge in [-0.15, -0.1) is 0 Å². The van der Waals surface area contributed by atoms with Gasteiger partial charge in [0.2, 0.25) is 11.8 Å². The second-order valence-electron chi connectivity index (χ2n) is 4.96. The molecule has 1 saturated heterocycles. The first-order valence-electron chi connectivity index (χ1n) is 7.35. The van der Waals surface area contributed by atoms with E-state index in [0.29, 0.717) is 12.5 Å². The van der Waals surface area contributed by atoms with E-state index in [1.807, 2.05) is 43.3 Å². The summed E-state index contributed by atoms with van der Waals surface area (Å²) in [5.41, 5.74) is 0.927. The van der Waals surface area contributed by atoms with Gasteiger partial charge < -0.3 is 15.0 Å². The van der Waals surface area contributed by atoms with Crippen LogP contribution in [-0.2, 0) is 0 Å². The van der Waals surface area contributed by atoms with Crippen molar-refractivity contribution < 1.29 is 4.74 Å². The van der Waals surface area contributed by atoms with Crippen molar-refractivity contribution in [3.05, 3.63) is 36.4 Å². The third kappa shape index (κ3) is 3.13. The predicted octanol–water partition coefficient (Wildman–Crippen LogP) is 1.99.